The van der Waals surface area contributed by atoms with E-state index in [0.717, 1.165) is 12.8 Å². The average molecular weight is 215 g/mol. The standard InChI is InChI=1S/C11H21NO3/c1-4-5-11(14)7-12(8-11)10(13)6-15-9(2)3/h9,14H,4-8H2,1-3H3. The summed E-state index contributed by atoms with van der Waals surface area (Å²) in [5.74, 6) is -0.0236. The highest BCUT2D eigenvalue weighted by Gasteiger charge is 2.42. The third-order valence-electron chi connectivity index (χ3n) is 2.58. The molecular formula is C11H21NO3. The highest BCUT2D eigenvalue weighted by Crippen LogP contribution is 2.25. The fraction of sp³-hybridized carbons (Fsp3) is 0.909. The SMILES string of the molecule is CCCC1(O)CN(C(=O)COC(C)C)C1. The number of carbonyl (C=O) groups excluding carboxylic acids is 1. The summed E-state index contributed by atoms with van der Waals surface area (Å²) in [6.45, 7) is 6.88. The van der Waals surface area contributed by atoms with E-state index < -0.39 is 5.60 Å². The molecule has 0 unspecified atom stereocenters. The molecule has 4 nitrogen and oxygen atoms in total. The highest BCUT2D eigenvalue weighted by atomic mass is 16.5. The number of rotatable bonds is 5. The van der Waals surface area contributed by atoms with Crippen LogP contribution in [0.1, 0.15) is 33.6 Å². The summed E-state index contributed by atoms with van der Waals surface area (Å²) >= 11 is 0. The van der Waals surface area contributed by atoms with Gasteiger partial charge in [0.25, 0.3) is 0 Å². The molecule has 1 fully saturated rings. The normalized spacial score (nSPS) is 19.1. The zero-order valence-corrected chi connectivity index (χ0v) is 9.82. The minimum absolute atomic E-state index is 0.0236. The number of nitrogens with zero attached hydrogens (tertiary/aromatic N) is 1. The Bertz CT molecular complexity index is 222. The first-order chi connectivity index (χ1) is 6.97. The molecule has 0 bridgehead atoms. The van der Waals surface area contributed by atoms with E-state index in [0.29, 0.717) is 13.1 Å². The molecule has 0 saturated carbocycles. The predicted octanol–water partition coefficient (Wildman–Crippen LogP) is 0.785. The van der Waals surface area contributed by atoms with Crippen molar-refractivity contribution in [1.82, 2.24) is 4.90 Å². The van der Waals surface area contributed by atoms with Crippen molar-refractivity contribution < 1.29 is 14.6 Å². The monoisotopic (exact) mass is 215 g/mol. The molecule has 1 rings (SSSR count). The van der Waals surface area contributed by atoms with Crippen LogP contribution in [0.5, 0.6) is 0 Å². The number of hydrogen-bond acceptors (Lipinski definition) is 3. The molecule has 1 saturated heterocycles. The van der Waals surface area contributed by atoms with Gasteiger partial charge in [0.2, 0.25) is 5.91 Å². The molecule has 0 radical (unpaired) electrons. The summed E-state index contributed by atoms with van der Waals surface area (Å²) in [6, 6.07) is 0. The topological polar surface area (TPSA) is 49.8 Å². The van der Waals surface area contributed by atoms with Gasteiger partial charge in [0, 0.05) is 0 Å². The lowest BCUT2D eigenvalue weighted by Gasteiger charge is -2.46. The van der Waals surface area contributed by atoms with E-state index in [9.17, 15) is 9.90 Å². The van der Waals surface area contributed by atoms with Crippen LogP contribution in [-0.4, -0.2) is 47.3 Å². The number of likely N-dealkylation sites (tertiary alicyclic amines) is 1. The lowest BCUT2D eigenvalue weighted by Crippen LogP contribution is -2.64. The van der Waals surface area contributed by atoms with Crippen LogP contribution >= 0.6 is 0 Å². The zero-order chi connectivity index (χ0) is 11.5. The second-order valence-electron chi connectivity index (χ2n) is 4.58. The summed E-state index contributed by atoms with van der Waals surface area (Å²) in [5.41, 5.74) is -0.637. The molecule has 1 N–H and O–H groups in total. The molecule has 15 heavy (non-hydrogen) atoms. The fourth-order valence-electron chi connectivity index (χ4n) is 1.79. The highest BCUT2D eigenvalue weighted by molar-refractivity contribution is 5.78. The molecule has 1 amide bonds. The largest absolute Gasteiger partial charge is 0.386 e. The predicted molar refractivity (Wildman–Crippen MR) is 57.5 cm³/mol. The van der Waals surface area contributed by atoms with Gasteiger partial charge in [-0.05, 0) is 20.3 Å². The maximum atomic E-state index is 11.5. The molecule has 1 heterocycles. The lowest BCUT2D eigenvalue weighted by atomic mass is 9.89. The maximum absolute atomic E-state index is 11.5. The summed E-state index contributed by atoms with van der Waals surface area (Å²) in [4.78, 5) is 13.2. The van der Waals surface area contributed by atoms with Crippen LogP contribution in [0.25, 0.3) is 0 Å². The van der Waals surface area contributed by atoms with Crippen LogP contribution in [0.2, 0.25) is 0 Å². The molecule has 88 valence electrons. The second-order valence-corrected chi connectivity index (χ2v) is 4.58. The van der Waals surface area contributed by atoms with Crippen molar-refractivity contribution in [3.05, 3.63) is 0 Å². The Morgan fingerprint density at radius 3 is 2.60 bits per heavy atom. The molecule has 0 aromatic heterocycles. The minimum atomic E-state index is -0.637. The van der Waals surface area contributed by atoms with Gasteiger partial charge >= 0.3 is 0 Å². The Kier molecular flexibility index (Phi) is 4.11. The zero-order valence-electron chi connectivity index (χ0n) is 9.82. The molecule has 1 aliphatic rings. The first-order valence-corrected chi connectivity index (χ1v) is 5.58. The number of aliphatic hydroxyl groups is 1. The Morgan fingerprint density at radius 2 is 2.13 bits per heavy atom. The molecular weight excluding hydrogens is 194 g/mol. The Morgan fingerprint density at radius 1 is 1.53 bits per heavy atom. The molecule has 0 aromatic rings. The number of carbonyl (C=O) groups is 1. The molecule has 4 heteroatoms. The van der Waals surface area contributed by atoms with Gasteiger partial charge in [-0.3, -0.25) is 4.79 Å². The van der Waals surface area contributed by atoms with E-state index in [1.54, 1.807) is 4.90 Å². The summed E-state index contributed by atoms with van der Waals surface area (Å²) < 4.78 is 5.22. The van der Waals surface area contributed by atoms with E-state index in [1.165, 1.54) is 0 Å². The Balaban J connectivity index is 2.23. The maximum Gasteiger partial charge on any atom is 0.248 e. The average Bonchev–Trinajstić information content (AvgIpc) is 2.10. The first kappa shape index (κ1) is 12.5. The third-order valence-corrected chi connectivity index (χ3v) is 2.58. The minimum Gasteiger partial charge on any atom is -0.386 e. The van der Waals surface area contributed by atoms with Crippen molar-refractivity contribution in [3.63, 3.8) is 0 Å². The van der Waals surface area contributed by atoms with Crippen molar-refractivity contribution in [2.75, 3.05) is 19.7 Å². The molecule has 0 spiro atoms. The van der Waals surface area contributed by atoms with Gasteiger partial charge in [-0.1, -0.05) is 13.3 Å². The van der Waals surface area contributed by atoms with Crippen molar-refractivity contribution in [2.24, 2.45) is 0 Å². The van der Waals surface area contributed by atoms with Gasteiger partial charge in [0.05, 0.1) is 24.8 Å². The summed E-state index contributed by atoms with van der Waals surface area (Å²) in [7, 11) is 0. The third kappa shape index (κ3) is 3.47. The quantitative estimate of drug-likeness (QED) is 0.737. The lowest BCUT2D eigenvalue weighted by molar-refractivity contribution is -0.162. The number of ether oxygens (including phenoxy) is 1. The van der Waals surface area contributed by atoms with Gasteiger partial charge in [0.1, 0.15) is 6.61 Å². The number of amides is 1. The van der Waals surface area contributed by atoms with Gasteiger partial charge in [0.15, 0.2) is 0 Å². The van der Waals surface area contributed by atoms with Crippen molar-refractivity contribution in [2.45, 2.75) is 45.3 Å². The van der Waals surface area contributed by atoms with Crippen LogP contribution in [0, 0.1) is 0 Å². The van der Waals surface area contributed by atoms with E-state index in [1.807, 2.05) is 20.8 Å². The first-order valence-electron chi connectivity index (χ1n) is 5.58. The van der Waals surface area contributed by atoms with Crippen LogP contribution in [0.3, 0.4) is 0 Å². The number of β-amino-alcohol motifs (C(OH)–C–C–N with tert-alkyl or cyclic N) is 1. The van der Waals surface area contributed by atoms with Gasteiger partial charge in [-0.2, -0.15) is 0 Å². The smallest absolute Gasteiger partial charge is 0.248 e. The molecule has 0 aromatic carbocycles. The van der Waals surface area contributed by atoms with Crippen molar-refractivity contribution in [3.8, 4) is 0 Å². The van der Waals surface area contributed by atoms with Crippen LogP contribution in [0.4, 0.5) is 0 Å². The number of hydrogen-bond donors (Lipinski definition) is 1. The fourth-order valence-corrected chi connectivity index (χ4v) is 1.79. The summed E-state index contributed by atoms with van der Waals surface area (Å²) in [5, 5.41) is 9.87. The van der Waals surface area contributed by atoms with Crippen molar-refractivity contribution in [1.29, 1.82) is 0 Å². The van der Waals surface area contributed by atoms with Crippen molar-refractivity contribution >= 4 is 5.91 Å². The van der Waals surface area contributed by atoms with Gasteiger partial charge < -0.3 is 14.7 Å². The van der Waals surface area contributed by atoms with E-state index in [4.69, 9.17) is 4.74 Å². The molecule has 1 aliphatic heterocycles. The Hall–Kier alpha value is -0.610. The van der Waals surface area contributed by atoms with Crippen LogP contribution in [0.15, 0.2) is 0 Å². The van der Waals surface area contributed by atoms with E-state index in [-0.39, 0.29) is 18.6 Å². The summed E-state index contributed by atoms with van der Waals surface area (Å²) in [6.07, 6.45) is 1.78. The second kappa shape index (κ2) is 4.94. The molecule has 0 aliphatic carbocycles. The van der Waals surface area contributed by atoms with Gasteiger partial charge in [-0.25, -0.2) is 0 Å². The van der Waals surface area contributed by atoms with Crippen LogP contribution in [-0.2, 0) is 9.53 Å². The van der Waals surface area contributed by atoms with Gasteiger partial charge in [-0.15, -0.1) is 0 Å². The van der Waals surface area contributed by atoms with Crippen LogP contribution < -0.4 is 0 Å². The van der Waals surface area contributed by atoms with E-state index in [2.05, 4.69) is 0 Å². The molecule has 0 atom stereocenters. The Labute approximate surface area is 91.2 Å². The van der Waals surface area contributed by atoms with E-state index >= 15 is 0 Å².